The lowest BCUT2D eigenvalue weighted by Gasteiger charge is -2.28. The Morgan fingerprint density at radius 3 is 2.33 bits per heavy atom. The van der Waals surface area contributed by atoms with Gasteiger partial charge in [-0.1, -0.05) is 19.8 Å². The SMILES string of the molecule is CCC(C)(CO)NS(=O)(=O)C1CCCC1. The fraction of sp³-hybridized carbons (Fsp3) is 1.00. The van der Waals surface area contributed by atoms with Crippen molar-refractivity contribution in [3.8, 4) is 0 Å². The van der Waals surface area contributed by atoms with Crippen molar-refractivity contribution >= 4 is 10.0 Å². The van der Waals surface area contributed by atoms with E-state index in [1.54, 1.807) is 6.92 Å². The molecule has 0 amide bonds. The average Bonchev–Trinajstić information content (AvgIpc) is 2.70. The number of nitrogens with one attached hydrogen (secondary N) is 1. The highest BCUT2D eigenvalue weighted by molar-refractivity contribution is 7.90. The highest BCUT2D eigenvalue weighted by Crippen LogP contribution is 2.25. The quantitative estimate of drug-likeness (QED) is 0.747. The van der Waals surface area contributed by atoms with Gasteiger partial charge in [0, 0.05) is 0 Å². The summed E-state index contributed by atoms with van der Waals surface area (Å²) < 4.78 is 26.5. The Morgan fingerprint density at radius 2 is 1.93 bits per heavy atom. The number of rotatable bonds is 5. The summed E-state index contributed by atoms with van der Waals surface area (Å²) in [6, 6.07) is 0. The Bertz CT molecular complexity index is 290. The third-order valence-electron chi connectivity index (χ3n) is 3.26. The summed E-state index contributed by atoms with van der Waals surface area (Å²) in [6.45, 7) is 3.45. The molecule has 0 aromatic carbocycles. The van der Waals surface area contributed by atoms with Gasteiger partial charge >= 0.3 is 0 Å². The summed E-state index contributed by atoms with van der Waals surface area (Å²) in [5.41, 5.74) is -0.707. The third kappa shape index (κ3) is 3.16. The fourth-order valence-corrected chi connectivity index (χ4v) is 3.86. The number of aliphatic hydroxyl groups is 1. The van der Waals surface area contributed by atoms with Crippen LogP contribution >= 0.6 is 0 Å². The van der Waals surface area contributed by atoms with E-state index in [-0.39, 0.29) is 11.9 Å². The molecule has 15 heavy (non-hydrogen) atoms. The molecule has 0 aromatic rings. The van der Waals surface area contributed by atoms with Crippen molar-refractivity contribution in [3.05, 3.63) is 0 Å². The minimum absolute atomic E-state index is 0.157. The molecule has 0 heterocycles. The zero-order valence-corrected chi connectivity index (χ0v) is 10.3. The number of aliphatic hydroxyl groups excluding tert-OH is 1. The van der Waals surface area contributed by atoms with Crippen LogP contribution in [0.5, 0.6) is 0 Å². The molecule has 0 bridgehead atoms. The molecule has 1 aliphatic carbocycles. The van der Waals surface area contributed by atoms with Crippen LogP contribution in [0.1, 0.15) is 46.0 Å². The lowest BCUT2D eigenvalue weighted by molar-refractivity contribution is 0.190. The van der Waals surface area contributed by atoms with Crippen LogP contribution in [0.15, 0.2) is 0 Å². The van der Waals surface area contributed by atoms with Gasteiger partial charge in [0.1, 0.15) is 0 Å². The van der Waals surface area contributed by atoms with Crippen molar-refractivity contribution in [1.29, 1.82) is 0 Å². The second-order valence-electron chi connectivity index (χ2n) is 4.63. The molecule has 1 atom stereocenters. The zero-order valence-electron chi connectivity index (χ0n) is 9.49. The van der Waals surface area contributed by atoms with Gasteiger partial charge < -0.3 is 5.11 Å². The lowest BCUT2D eigenvalue weighted by atomic mass is 10.0. The molecule has 0 aliphatic heterocycles. The Labute approximate surface area is 92.1 Å². The molecular weight excluding hydrogens is 214 g/mol. The summed E-state index contributed by atoms with van der Waals surface area (Å²) in [7, 11) is -3.25. The van der Waals surface area contributed by atoms with Crippen LogP contribution in [-0.2, 0) is 10.0 Å². The monoisotopic (exact) mass is 235 g/mol. The van der Waals surface area contributed by atoms with Crippen LogP contribution in [0.25, 0.3) is 0 Å². The summed E-state index contributed by atoms with van der Waals surface area (Å²) in [5, 5.41) is 8.91. The third-order valence-corrected chi connectivity index (χ3v) is 5.39. The standard InChI is InChI=1S/C10H21NO3S/c1-3-10(2,8-12)11-15(13,14)9-6-4-5-7-9/h9,11-12H,3-8H2,1-2H3. The molecular formula is C10H21NO3S. The van der Waals surface area contributed by atoms with E-state index >= 15 is 0 Å². The number of hydrogen-bond donors (Lipinski definition) is 2. The topological polar surface area (TPSA) is 66.4 Å². The largest absolute Gasteiger partial charge is 0.394 e. The second kappa shape index (κ2) is 4.80. The summed E-state index contributed by atoms with van der Waals surface area (Å²) >= 11 is 0. The molecule has 0 spiro atoms. The van der Waals surface area contributed by atoms with E-state index in [0.717, 1.165) is 25.7 Å². The Hall–Kier alpha value is -0.130. The highest BCUT2D eigenvalue weighted by atomic mass is 32.2. The maximum absolute atomic E-state index is 11.9. The summed E-state index contributed by atoms with van der Waals surface area (Å²) in [5.74, 6) is 0. The molecule has 1 unspecified atom stereocenters. The smallest absolute Gasteiger partial charge is 0.215 e. The van der Waals surface area contributed by atoms with Gasteiger partial charge in [-0.15, -0.1) is 0 Å². The van der Waals surface area contributed by atoms with Crippen molar-refractivity contribution in [2.75, 3.05) is 6.61 Å². The van der Waals surface area contributed by atoms with Crippen molar-refractivity contribution in [2.24, 2.45) is 0 Å². The minimum Gasteiger partial charge on any atom is -0.394 e. The first-order chi connectivity index (χ1) is 6.93. The predicted octanol–water partition coefficient (Wildman–Crippen LogP) is 1.01. The Morgan fingerprint density at radius 1 is 1.40 bits per heavy atom. The predicted molar refractivity (Wildman–Crippen MR) is 60.1 cm³/mol. The van der Waals surface area contributed by atoms with Gasteiger partial charge in [0.15, 0.2) is 0 Å². The maximum Gasteiger partial charge on any atom is 0.215 e. The van der Waals surface area contributed by atoms with Crippen molar-refractivity contribution < 1.29 is 13.5 Å². The molecule has 1 saturated carbocycles. The van der Waals surface area contributed by atoms with Crippen molar-refractivity contribution in [3.63, 3.8) is 0 Å². The van der Waals surface area contributed by atoms with Crippen LogP contribution in [-0.4, -0.2) is 30.9 Å². The van der Waals surface area contributed by atoms with E-state index in [9.17, 15) is 8.42 Å². The van der Waals surface area contributed by atoms with Gasteiger partial charge in [-0.3, -0.25) is 0 Å². The molecule has 90 valence electrons. The molecule has 1 fully saturated rings. The van der Waals surface area contributed by atoms with E-state index < -0.39 is 15.6 Å². The van der Waals surface area contributed by atoms with Crippen LogP contribution in [0.2, 0.25) is 0 Å². The first-order valence-electron chi connectivity index (χ1n) is 5.57. The van der Waals surface area contributed by atoms with E-state index in [4.69, 9.17) is 5.11 Å². The molecule has 5 heteroatoms. The molecule has 2 N–H and O–H groups in total. The molecule has 0 saturated heterocycles. The minimum atomic E-state index is -3.25. The molecule has 4 nitrogen and oxygen atoms in total. The van der Waals surface area contributed by atoms with E-state index in [0.29, 0.717) is 6.42 Å². The normalized spacial score (nSPS) is 22.9. The molecule has 0 radical (unpaired) electrons. The van der Waals surface area contributed by atoms with Gasteiger partial charge in [0.05, 0.1) is 17.4 Å². The van der Waals surface area contributed by atoms with E-state index in [1.165, 1.54) is 0 Å². The average molecular weight is 235 g/mol. The summed E-state index contributed by atoms with van der Waals surface area (Å²) in [4.78, 5) is 0. The number of sulfonamides is 1. The summed E-state index contributed by atoms with van der Waals surface area (Å²) in [6.07, 6.45) is 4.08. The van der Waals surface area contributed by atoms with Crippen LogP contribution in [0, 0.1) is 0 Å². The van der Waals surface area contributed by atoms with Gasteiger partial charge in [-0.05, 0) is 26.2 Å². The van der Waals surface area contributed by atoms with E-state index in [1.807, 2.05) is 6.92 Å². The molecule has 1 rings (SSSR count). The van der Waals surface area contributed by atoms with Gasteiger partial charge in [-0.2, -0.15) is 0 Å². The molecule has 0 aromatic heterocycles. The maximum atomic E-state index is 11.9. The van der Waals surface area contributed by atoms with E-state index in [2.05, 4.69) is 4.72 Å². The van der Waals surface area contributed by atoms with Crippen molar-refractivity contribution in [2.45, 2.75) is 56.7 Å². The number of hydrogen-bond acceptors (Lipinski definition) is 3. The zero-order chi connectivity index (χ0) is 11.5. The van der Waals surface area contributed by atoms with Crippen LogP contribution in [0.3, 0.4) is 0 Å². The van der Waals surface area contributed by atoms with Gasteiger partial charge in [0.2, 0.25) is 10.0 Å². The lowest BCUT2D eigenvalue weighted by Crippen LogP contribution is -2.50. The van der Waals surface area contributed by atoms with Gasteiger partial charge in [-0.25, -0.2) is 13.1 Å². The van der Waals surface area contributed by atoms with Crippen molar-refractivity contribution in [1.82, 2.24) is 4.72 Å². The van der Waals surface area contributed by atoms with Crippen LogP contribution < -0.4 is 4.72 Å². The second-order valence-corrected chi connectivity index (χ2v) is 6.59. The van der Waals surface area contributed by atoms with Gasteiger partial charge in [0.25, 0.3) is 0 Å². The Balaban J connectivity index is 2.70. The fourth-order valence-electron chi connectivity index (χ4n) is 1.84. The van der Waals surface area contributed by atoms with Crippen LogP contribution in [0.4, 0.5) is 0 Å². The molecule has 1 aliphatic rings. The first kappa shape index (κ1) is 12.9. The highest BCUT2D eigenvalue weighted by Gasteiger charge is 2.34. The Kier molecular flexibility index (Phi) is 4.14. The first-order valence-corrected chi connectivity index (χ1v) is 7.12.